The number of nitrogens with zero attached hydrogens (tertiary/aromatic N) is 1. The lowest BCUT2D eigenvalue weighted by molar-refractivity contribution is -0.139. The van der Waals surface area contributed by atoms with E-state index in [0.717, 1.165) is 37.8 Å². The maximum absolute atomic E-state index is 13.0. The number of nitrogens with two attached hydrogens (primary N) is 1. The van der Waals surface area contributed by atoms with Gasteiger partial charge in [0.1, 0.15) is 0 Å². The minimum Gasteiger partial charge on any atom is -0.342 e. The highest BCUT2D eigenvalue weighted by Crippen LogP contribution is 2.43. The summed E-state index contributed by atoms with van der Waals surface area (Å²) in [4.78, 5) is 15.3. The molecule has 2 bridgehead atoms. The van der Waals surface area contributed by atoms with E-state index in [9.17, 15) is 4.79 Å². The SMILES string of the molecule is Cl.NC1C2CCCC1CC(C(=O)N(CC1CC1)CC1CC1)C2. The van der Waals surface area contributed by atoms with Crippen molar-refractivity contribution in [3.63, 3.8) is 0 Å². The molecule has 0 aliphatic heterocycles. The van der Waals surface area contributed by atoms with E-state index in [1.54, 1.807) is 0 Å². The van der Waals surface area contributed by atoms with Crippen molar-refractivity contribution in [2.75, 3.05) is 13.1 Å². The first kappa shape index (κ1) is 16.6. The molecule has 126 valence electrons. The monoisotopic (exact) mass is 326 g/mol. The second kappa shape index (κ2) is 6.68. The van der Waals surface area contributed by atoms with Crippen molar-refractivity contribution >= 4 is 18.3 Å². The highest BCUT2D eigenvalue weighted by molar-refractivity contribution is 5.85. The van der Waals surface area contributed by atoms with Gasteiger partial charge < -0.3 is 10.6 Å². The van der Waals surface area contributed by atoms with Crippen LogP contribution in [0.5, 0.6) is 0 Å². The molecular formula is C18H31ClN2O. The molecule has 0 aromatic heterocycles. The fourth-order valence-corrected chi connectivity index (χ4v) is 4.73. The van der Waals surface area contributed by atoms with Crippen LogP contribution in [-0.2, 0) is 4.79 Å². The van der Waals surface area contributed by atoms with Crippen molar-refractivity contribution in [3.8, 4) is 0 Å². The Labute approximate surface area is 140 Å². The zero-order chi connectivity index (χ0) is 14.4. The molecule has 2 N–H and O–H groups in total. The van der Waals surface area contributed by atoms with Crippen molar-refractivity contribution in [1.29, 1.82) is 0 Å². The molecule has 4 fully saturated rings. The second-order valence-corrected chi connectivity index (χ2v) is 8.33. The highest BCUT2D eigenvalue weighted by atomic mass is 35.5. The topological polar surface area (TPSA) is 46.3 Å². The molecule has 0 spiro atoms. The molecule has 0 saturated heterocycles. The summed E-state index contributed by atoms with van der Waals surface area (Å²) in [6.07, 6.45) is 11.4. The van der Waals surface area contributed by atoms with Crippen LogP contribution in [0.1, 0.15) is 57.8 Å². The van der Waals surface area contributed by atoms with E-state index in [1.165, 1.54) is 44.9 Å². The molecule has 4 rings (SSSR count). The molecule has 2 atom stereocenters. The van der Waals surface area contributed by atoms with Crippen LogP contribution in [0.2, 0.25) is 0 Å². The fraction of sp³-hybridized carbons (Fsp3) is 0.944. The van der Waals surface area contributed by atoms with E-state index < -0.39 is 0 Å². The molecule has 1 amide bonds. The lowest BCUT2D eigenvalue weighted by Crippen LogP contribution is -2.50. The smallest absolute Gasteiger partial charge is 0.225 e. The second-order valence-electron chi connectivity index (χ2n) is 8.33. The number of fused-ring (bicyclic) bond motifs is 2. The third-order valence-electron chi connectivity index (χ3n) is 6.42. The molecule has 0 heterocycles. The van der Waals surface area contributed by atoms with Crippen molar-refractivity contribution in [2.45, 2.75) is 63.8 Å². The maximum Gasteiger partial charge on any atom is 0.225 e. The summed E-state index contributed by atoms with van der Waals surface area (Å²) in [6, 6.07) is 0.378. The van der Waals surface area contributed by atoms with Gasteiger partial charge >= 0.3 is 0 Å². The third kappa shape index (κ3) is 3.62. The summed E-state index contributed by atoms with van der Waals surface area (Å²) < 4.78 is 0. The van der Waals surface area contributed by atoms with Gasteiger partial charge in [-0.15, -0.1) is 12.4 Å². The summed E-state index contributed by atoms with van der Waals surface area (Å²) in [5.41, 5.74) is 6.38. The van der Waals surface area contributed by atoms with Crippen LogP contribution in [0.4, 0.5) is 0 Å². The molecular weight excluding hydrogens is 296 g/mol. The van der Waals surface area contributed by atoms with Gasteiger partial charge in [0.25, 0.3) is 0 Å². The van der Waals surface area contributed by atoms with Crippen LogP contribution >= 0.6 is 12.4 Å². The quantitative estimate of drug-likeness (QED) is 0.843. The zero-order valence-electron chi connectivity index (χ0n) is 13.6. The summed E-state index contributed by atoms with van der Waals surface area (Å²) in [7, 11) is 0. The number of carbonyl (C=O) groups excluding carboxylic acids is 1. The Kier molecular flexibility index (Phi) is 5.04. The zero-order valence-corrected chi connectivity index (χ0v) is 14.4. The van der Waals surface area contributed by atoms with E-state index in [4.69, 9.17) is 5.73 Å². The number of hydrogen-bond acceptors (Lipinski definition) is 2. The standard InChI is InChI=1S/C18H30N2O.ClH/c19-17-14-2-1-3-15(17)9-16(8-14)18(21)20(10-12-4-5-12)11-13-6-7-13;/h12-17H,1-11,19H2;1H. The van der Waals surface area contributed by atoms with Gasteiger partial charge in [-0.2, -0.15) is 0 Å². The summed E-state index contributed by atoms with van der Waals surface area (Å²) in [6.45, 7) is 2.10. The molecule has 3 nitrogen and oxygen atoms in total. The van der Waals surface area contributed by atoms with Crippen LogP contribution in [0.3, 0.4) is 0 Å². The Hall–Kier alpha value is -0.280. The van der Waals surface area contributed by atoms with E-state index in [2.05, 4.69) is 4.90 Å². The average Bonchev–Trinajstić information content (AvgIpc) is 3.32. The first-order valence-electron chi connectivity index (χ1n) is 9.25. The minimum absolute atomic E-state index is 0. The van der Waals surface area contributed by atoms with Crippen LogP contribution in [0.15, 0.2) is 0 Å². The van der Waals surface area contributed by atoms with Gasteiger partial charge in [0, 0.05) is 25.0 Å². The summed E-state index contributed by atoms with van der Waals surface area (Å²) in [5, 5.41) is 0. The van der Waals surface area contributed by atoms with Crippen molar-refractivity contribution < 1.29 is 4.79 Å². The number of hydrogen-bond donors (Lipinski definition) is 1. The predicted octanol–water partition coefficient (Wildman–Crippen LogP) is 3.21. The van der Waals surface area contributed by atoms with Crippen LogP contribution in [0, 0.1) is 29.6 Å². The molecule has 0 radical (unpaired) electrons. The van der Waals surface area contributed by atoms with E-state index in [-0.39, 0.29) is 18.3 Å². The van der Waals surface area contributed by atoms with Gasteiger partial charge in [-0.25, -0.2) is 0 Å². The van der Waals surface area contributed by atoms with Crippen LogP contribution < -0.4 is 5.73 Å². The molecule has 4 heteroatoms. The number of carbonyl (C=O) groups is 1. The van der Waals surface area contributed by atoms with Crippen molar-refractivity contribution in [2.24, 2.45) is 35.3 Å². The Morgan fingerprint density at radius 2 is 1.41 bits per heavy atom. The van der Waals surface area contributed by atoms with E-state index >= 15 is 0 Å². The van der Waals surface area contributed by atoms with Crippen LogP contribution in [0.25, 0.3) is 0 Å². The Balaban J connectivity index is 0.00000144. The molecule has 4 saturated carbocycles. The Morgan fingerprint density at radius 3 is 1.86 bits per heavy atom. The van der Waals surface area contributed by atoms with Crippen molar-refractivity contribution in [3.05, 3.63) is 0 Å². The lowest BCUT2D eigenvalue weighted by atomic mass is 9.65. The molecule has 4 aliphatic rings. The minimum atomic E-state index is 0. The van der Waals surface area contributed by atoms with E-state index in [0.29, 0.717) is 23.8 Å². The average molecular weight is 327 g/mol. The number of amides is 1. The van der Waals surface area contributed by atoms with Gasteiger partial charge in [-0.3, -0.25) is 4.79 Å². The maximum atomic E-state index is 13.0. The Morgan fingerprint density at radius 1 is 0.909 bits per heavy atom. The van der Waals surface area contributed by atoms with Gasteiger partial charge in [-0.1, -0.05) is 6.42 Å². The summed E-state index contributed by atoms with van der Waals surface area (Å²) >= 11 is 0. The fourth-order valence-electron chi connectivity index (χ4n) is 4.73. The normalized spacial score (nSPS) is 37.3. The first-order chi connectivity index (χ1) is 10.2. The lowest BCUT2D eigenvalue weighted by Gasteiger charge is -2.44. The molecule has 22 heavy (non-hydrogen) atoms. The van der Waals surface area contributed by atoms with Gasteiger partial charge in [0.05, 0.1) is 0 Å². The predicted molar refractivity (Wildman–Crippen MR) is 90.8 cm³/mol. The Bertz CT molecular complexity index is 380. The summed E-state index contributed by atoms with van der Waals surface area (Å²) in [5.74, 6) is 3.65. The third-order valence-corrected chi connectivity index (χ3v) is 6.42. The largest absolute Gasteiger partial charge is 0.342 e. The molecule has 0 aromatic carbocycles. The van der Waals surface area contributed by atoms with Crippen LogP contribution in [-0.4, -0.2) is 29.9 Å². The molecule has 2 unspecified atom stereocenters. The van der Waals surface area contributed by atoms with Gasteiger partial charge in [0.2, 0.25) is 5.91 Å². The van der Waals surface area contributed by atoms with E-state index in [1.807, 2.05) is 0 Å². The number of halogens is 1. The van der Waals surface area contributed by atoms with Gasteiger partial charge in [-0.05, 0) is 75.0 Å². The molecule has 4 aliphatic carbocycles. The highest BCUT2D eigenvalue weighted by Gasteiger charge is 2.42. The number of rotatable bonds is 5. The molecule has 0 aromatic rings. The first-order valence-corrected chi connectivity index (χ1v) is 9.25. The van der Waals surface area contributed by atoms with Gasteiger partial charge in [0.15, 0.2) is 0 Å². The van der Waals surface area contributed by atoms with Crippen molar-refractivity contribution in [1.82, 2.24) is 4.90 Å².